The zero-order chi connectivity index (χ0) is 23.4. The molecule has 0 aromatic heterocycles. The van der Waals surface area contributed by atoms with Crippen LogP contribution in [0.5, 0.6) is 0 Å². The topological polar surface area (TPSA) is 48.0 Å². The van der Waals surface area contributed by atoms with Gasteiger partial charge in [0.2, 0.25) is 0 Å². The Bertz CT molecular complexity index is 516. The van der Waals surface area contributed by atoms with E-state index in [4.69, 9.17) is 14.2 Å². The molecular weight excluding hydrogens is 434 g/mol. The average Bonchev–Trinajstić information content (AvgIpc) is 3.50. The van der Waals surface area contributed by atoms with E-state index in [9.17, 15) is 4.79 Å². The maximum absolute atomic E-state index is 11.8. The van der Waals surface area contributed by atoms with Gasteiger partial charge in [-0.15, -0.1) is 11.8 Å². The van der Waals surface area contributed by atoms with E-state index in [1.807, 2.05) is 11.8 Å². The SMILES string of the molecule is CCCCCCCCCCCCCCC1COC(COC(=O)OCCCCN2C=CSC2)C1. The summed E-state index contributed by atoms with van der Waals surface area (Å²) in [6.07, 6.45) is 22.4. The molecule has 5 nitrogen and oxygen atoms in total. The number of carbonyl (C=O) groups is 1. The summed E-state index contributed by atoms with van der Waals surface area (Å²) < 4.78 is 16.3. The molecule has 2 rings (SSSR count). The first-order chi connectivity index (χ1) is 16.3. The Morgan fingerprint density at radius 1 is 0.939 bits per heavy atom. The van der Waals surface area contributed by atoms with Gasteiger partial charge >= 0.3 is 6.16 Å². The van der Waals surface area contributed by atoms with Crippen LogP contribution in [0.3, 0.4) is 0 Å². The number of rotatable bonds is 20. The van der Waals surface area contributed by atoms with Crippen LogP contribution < -0.4 is 0 Å². The zero-order valence-electron chi connectivity index (χ0n) is 21.1. The fourth-order valence-electron chi connectivity index (χ4n) is 4.60. The van der Waals surface area contributed by atoms with Crippen LogP contribution in [0.25, 0.3) is 0 Å². The van der Waals surface area contributed by atoms with Crippen molar-refractivity contribution in [2.45, 2.75) is 116 Å². The summed E-state index contributed by atoms with van der Waals surface area (Å²) in [5.74, 6) is 1.65. The lowest BCUT2D eigenvalue weighted by atomic mass is 9.97. The molecule has 0 spiro atoms. The fourth-order valence-corrected chi connectivity index (χ4v) is 5.35. The summed E-state index contributed by atoms with van der Waals surface area (Å²) in [5, 5.41) is 2.11. The molecule has 0 aromatic carbocycles. The second kappa shape index (κ2) is 19.4. The van der Waals surface area contributed by atoms with Crippen molar-refractivity contribution in [2.75, 3.05) is 32.2 Å². The second-order valence-electron chi connectivity index (χ2n) is 9.74. The van der Waals surface area contributed by atoms with Gasteiger partial charge < -0.3 is 19.1 Å². The van der Waals surface area contributed by atoms with E-state index >= 15 is 0 Å². The molecule has 0 aliphatic carbocycles. The quantitative estimate of drug-likeness (QED) is 0.130. The molecule has 2 aliphatic rings. The Morgan fingerprint density at radius 2 is 1.64 bits per heavy atom. The summed E-state index contributed by atoms with van der Waals surface area (Å²) in [7, 11) is 0. The first-order valence-corrected chi connectivity index (χ1v) is 14.8. The number of unbranched alkanes of at least 4 members (excludes halogenated alkanes) is 12. The van der Waals surface area contributed by atoms with Crippen molar-refractivity contribution in [1.82, 2.24) is 4.90 Å². The molecule has 2 unspecified atom stereocenters. The van der Waals surface area contributed by atoms with Crippen LogP contribution in [0.4, 0.5) is 4.79 Å². The third kappa shape index (κ3) is 14.9. The van der Waals surface area contributed by atoms with Crippen molar-refractivity contribution >= 4 is 17.9 Å². The third-order valence-electron chi connectivity index (χ3n) is 6.68. The number of thioether (sulfide) groups is 1. The van der Waals surface area contributed by atoms with Gasteiger partial charge in [0.05, 0.1) is 25.2 Å². The number of carbonyl (C=O) groups excluding carboxylic acids is 1. The number of hydrogen-bond acceptors (Lipinski definition) is 6. The van der Waals surface area contributed by atoms with E-state index < -0.39 is 6.16 Å². The van der Waals surface area contributed by atoms with E-state index in [1.165, 1.54) is 83.5 Å². The maximum Gasteiger partial charge on any atom is 0.508 e. The highest BCUT2D eigenvalue weighted by Gasteiger charge is 2.26. The number of nitrogens with zero attached hydrogens (tertiary/aromatic N) is 1. The average molecular weight is 484 g/mol. The van der Waals surface area contributed by atoms with Crippen molar-refractivity contribution in [3.63, 3.8) is 0 Å². The summed E-state index contributed by atoms with van der Waals surface area (Å²) in [6.45, 7) is 4.85. The lowest BCUT2D eigenvalue weighted by Gasteiger charge is -2.14. The molecular formula is C27H49NO4S. The first-order valence-electron chi connectivity index (χ1n) is 13.7. The van der Waals surface area contributed by atoms with Crippen molar-refractivity contribution in [3.8, 4) is 0 Å². The molecule has 0 aromatic rings. The molecule has 1 saturated heterocycles. The third-order valence-corrected chi connectivity index (χ3v) is 7.48. The standard InChI is InChI=1S/C27H49NO4S/c1-2-3-4-5-6-7-8-9-10-11-12-13-16-25-21-26(31-22-25)23-32-27(29)30-19-15-14-17-28-18-20-33-24-28/h18,20,25-26H,2-17,19,21-24H2,1H3. The van der Waals surface area contributed by atoms with Crippen LogP contribution in [-0.4, -0.2) is 49.4 Å². The number of ether oxygens (including phenoxy) is 3. The molecule has 0 amide bonds. The smallest absolute Gasteiger partial charge is 0.434 e. The highest BCUT2D eigenvalue weighted by molar-refractivity contribution is 8.02. The van der Waals surface area contributed by atoms with Crippen LogP contribution in [0.15, 0.2) is 11.6 Å². The van der Waals surface area contributed by atoms with Gasteiger partial charge in [-0.3, -0.25) is 0 Å². The van der Waals surface area contributed by atoms with Gasteiger partial charge in [0.15, 0.2) is 0 Å². The Labute approximate surface area is 207 Å². The van der Waals surface area contributed by atoms with Gasteiger partial charge in [0, 0.05) is 12.7 Å². The van der Waals surface area contributed by atoms with Gasteiger partial charge in [0.1, 0.15) is 6.61 Å². The molecule has 1 fully saturated rings. The van der Waals surface area contributed by atoms with Crippen LogP contribution in [0.2, 0.25) is 0 Å². The summed E-state index contributed by atoms with van der Waals surface area (Å²) in [4.78, 5) is 14.0. The van der Waals surface area contributed by atoms with E-state index in [1.54, 1.807) is 0 Å². The van der Waals surface area contributed by atoms with Crippen LogP contribution in [-0.2, 0) is 14.2 Å². The summed E-state index contributed by atoms with van der Waals surface area (Å²) >= 11 is 1.81. The molecule has 2 atom stereocenters. The Hall–Kier alpha value is -0.880. The highest BCUT2D eigenvalue weighted by Crippen LogP contribution is 2.25. The zero-order valence-corrected chi connectivity index (χ0v) is 22.0. The Morgan fingerprint density at radius 3 is 2.30 bits per heavy atom. The van der Waals surface area contributed by atoms with Crippen LogP contribution >= 0.6 is 11.8 Å². The van der Waals surface area contributed by atoms with E-state index in [0.717, 1.165) is 38.3 Å². The molecule has 2 aliphatic heterocycles. The normalized spacial score (nSPS) is 20.0. The van der Waals surface area contributed by atoms with Gasteiger partial charge in [-0.2, -0.15) is 0 Å². The lowest BCUT2D eigenvalue weighted by molar-refractivity contribution is 0.00719. The summed E-state index contributed by atoms with van der Waals surface area (Å²) in [5.41, 5.74) is 0. The predicted molar refractivity (Wildman–Crippen MR) is 138 cm³/mol. The monoisotopic (exact) mass is 483 g/mol. The fraction of sp³-hybridized carbons (Fsp3) is 0.889. The Kier molecular flexibility index (Phi) is 16.7. The molecule has 33 heavy (non-hydrogen) atoms. The number of hydrogen-bond donors (Lipinski definition) is 0. The largest absolute Gasteiger partial charge is 0.508 e. The van der Waals surface area contributed by atoms with Crippen molar-refractivity contribution in [1.29, 1.82) is 0 Å². The van der Waals surface area contributed by atoms with Gasteiger partial charge in [0.25, 0.3) is 0 Å². The minimum Gasteiger partial charge on any atom is -0.434 e. The Balaban J connectivity index is 1.32. The highest BCUT2D eigenvalue weighted by atomic mass is 32.2. The van der Waals surface area contributed by atoms with Gasteiger partial charge in [-0.05, 0) is 37.0 Å². The lowest BCUT2D eigenvalue weighted by Crippen LogP contribution is -2.19. The molecule has 0 saturated carbocycles. The second-order valence-corrected chi connectivity index (χ2v) is 10.6. The molecule has 0 radical (unpaired) electrons. The van der Waals surface area contributed by atoms with Crippen molar-refractivity contribution in [2.24, 2.45) is 5.92 Å². The minimum absolute atomic E-state index is 0.0410. The molecule has 192 valence electrons. The van der Waals surface area contributed by atoms with Crippen molar-refractivity contribution < 1.29 is 19.0 Å². The van der Waals surface area contributed by atoms with Crippen LogP contribution in [0, 0.1) is 5.92 Å². The molecule has 0 bridgehead atoms. The first kappa shape index (κ1) is 28.4. The van der Waals surface area contributed by atoms with Crippen LogP contribution in [0.1, 0.15) is 110 Å². The molecule has 0 N–H and O–H groups in total. The van der Waals surface area contributed by atoms with Gasteiger partial charge in [-0.1, -0.05) is 84.0 Å². The van der Waals surface area contributed by atoms with E-state index in [-0.39, 0.29) is 6.10 Å². The van der Waals surface area contributed by atoms with E-state index in [2.05, 4.69) is 23.4 Å². The van der Waals surface area contributed by atoms with Crippen molar-refractivity contribution in [3.05, 3.63) is 11.6 Å². The summed E-state index contributed by atoms with van der Waals surface area (Å²) in [6, 6.07) is 0. The molecule has 6 heteroatoms. The predicted octanol–water partition coefficient (Wildman–Crippen LogP) is 7.89. The molecule has 2 heterocycles. The van der Waals surface area contributed by atoms with Gasteiger partial charge in [-0.25, -0.2) is 4.79 Å². The minimum atomic E-state index is -0.556. The maximum atomic E-state index is 11.8. The van der Waals surface area contributed by atoms with E-state index in [0.29, 0.717) is 19.1 Å².